The van der Waals surface area contributed by atoms with Gasteiger partial charge in [-0.1, -0.05) is 17.7 Å². The van der Waals surface area contributed by atoms with E-state index in [0.29, 0.717) is 12.3 Å². The van der Waals surface area contributed by atoms with Crippen LogP contribution in [0.5, 0.6) is 0 Å². The van der Waals surface area contributed by atoms with Gasteiger partial charge in [-0.3, -0.25) is 0 Å². The molecular formula is C13H15ClN2O3S. The first-order chi connectivity index (χ1) is 9.44. The molecule has 1 atom stereocenters. The Morgan fingerprint density at radius 2 is 2.15 bits per heavy atom. The van der Waals surface area contributed by atoms with E-state index in [1.165, 1.54) is 12.3 Å². The van der Waals surface area contributed by atoms with Gasteiger partial charge in [0.05, 0.1) is 17.3 Å². The van der Waals surface area contributed by atoms with Gasteiger partial charge in [0.25, 0.3) is 0 Å². The summed E-state index contributed by atoms with van der Waals surface area (Å²) in [6.07, 6.45) is 1.49. The van der Waals surface area contributed by atoms with Gasteiger partial charge < -0.3 is 10.2 Å². The van der Waals surface area contributed by atoms with E-state index in [1.807, 2.05) is 0 Å². The molecule has 0 aliphatic carbocycles. The summed E-state index contributed by atoms with van der Waals surface area (Å²) < 4.78 is 32.3. The van der Waals surface area contributed by atoms with Gasteiger partial charge in [-0.05, 0) is 36.8 Å². The first kappa shape index (κ1) is 15.1. The van der Waals surface area contributed by atoms with E-state index in [2.05, 4.69) is 4.72 Å². The molecular weight excluding hydrogens is 300 g/mol. The highest BCUT2D eigenvalue weighted by Crippen LogP contribution is 2.24. The molecule has 1 aromatic carbocycles. The second kappa shape index (κ2) is 5.97. The molecule has 0 fully saturated rings. The summed E-state index contributed by atoms with van der Waals surface area (Å²) >= 11 is 6.00. The molecule has 0 radical (unpaired) electrons. The average molecular weight is 315 g/mol. The van der Waals surface area contributed by atoms with Crippen LogP contribution in [0.15, 0.2) is 45.9 Å². The van der Waals surface area contributed by atoms with Gasteiger partial charge in [0.1, 0.15) is 10.7 Å². The molecule has 0 saturated carbocycles. The first-order valence-electron chi connectivity index (χ1n) is 5.98. The zero-order chi connectivity index (χ0) is 14.8. The fourth-order valence-corrected chi connectivity index (χ4v) is 3.56. The molecule has 0 spiro atoms. The van der Waals surface area contributed by atoms with Gasteiger partial charge in [0.2, 0.25) is 10.0 Å². The van der Waals surface area contributed by atoms with Gasteiger partial charge in [-0.2, -0.15) is 0 Å². The number of hydrogen-bond acceptors (Lipinski definition) is 4. The third kappa shape index (κ3) is 3.21. The van der Waals surface area contributed by atoms with Crippen molar-refractivity contribution >= 4 is 21.6 Å². The molecule has 108 valence electrons. The molecule has 0 aliphatic rings. The molecule has 2 rings (SSSR count). The molecule has 0 saturated heterocycles. The molecule has 1 aromatic heterocycles. The number of rotatable bonds is 5. The number of nitrogens with two attached hydrogens (primary N) is 1. The summed E-state index contributed by atoms with van der Waals surface area (Å²) in [6, 6.07) is 7.54. The molecule has 0 aliphatic heterocycles. The van der Waals surface area contributed by atoms with Crippen LogP contribution in [0, 0.1) is 0 Å². The second-order valence-electron chi connectivity index (χ2n) is 4.33. The molecule has 2 aromatic rings. The number of halogens is 1. The summed E-state index contributed by atoms with van der Waals surface area (Å²) in [7, 11) is -3.72. The van der Waals surface area contributed by atoms with Gasteiger partial charge >= 0.3 is 0 Å². The minimum absolute atomic E-state index is 0.0229. The zero-order valence-corrected chi connectivity index (χ0v) is 12.4. The minimum Gasteiger partial charge on any atom is -0.468 e. The van der Waals surface area contributed by atoms with Crippen LogP contribution < -0.4 is 10.5 Å². The van der Waals surface area contributed by atoms with Crippen molar-refractivity contribution < 1.29 is 12.8 Å². The van der Waals surface area contributed by atoms with Crippen LogP contribution in [0.2, 0.25) is 5.02 Å². The van der Waals surface area contributed by atoms with Crippen LogP contribution in [-0.4, -0.2) is 8.42 Å². The Morgan fingerprint density at radius 1 is 1.40 bits per heavy atom. The van der Waals surface area contributed by atoms with Gasteiger partial charge in [0, 0.05) is 6.54 Å². The molecule has 0 amide bonds. The van der Waals surface area contributed by atoms with E-state index in [-0.39, 0.29) is 9.92 Å². The Labute approximate surface area is 122 Å². The highest BCUT2D eigenvalue weighted by Gasteiger charge is 2.22. The highest BCUT2D eigenvalue weighted by atomic mass is 35.5. The maximum atomic E-state index is 12.3. The van der Waals surface area contributed by atoms with E-state index < -0.39 is 16.1 Å². The van der Waals surface area contributed by atoms with Gasteiger partial charge in [-0.15, -0.1) is 0 Å². The van der Waals surface area contributed by atoms with Crippen molar-refractivity contribution in [2.75, 3.05) is 0 Å². The Balaban J connectivity index is 2.27. The van der Waals surface area contributed by atoms with Crippen molar-refractivity contribution in [3.05, 3.63) is 52.9 Å². The summed E-state index contributed by atoms with van der Waals surface area (Å²) in [5.74, 6) is 0.531. The van der Waals surface area contributed by atoms with Crippen molar-refractivity contribution in [1.29, 1.82) is 0 Å². The molecule has 3 N–H and O–H groups in total. The molecule has 1 unspecified atom stereocenters. The Morgan fingerprint density at radius 3 is 2.70 bits per heavy atom. The Kier molecular flexibility index (Phi) is 4.49. The lowest BCUT2D eigenvalue weighted by molar-refractivity contribution is 0.459. The summed E-state index contributed by atoms with van der Waals surface area (Å²) in [4.78, 5) is 0.0229. The topological polar surface area (TPSA) is 85.3 Å². The second-order valence-corrected chi connectivity index (χ2v) is 6.42. The smallest absolute Gasteiger partial charge is 0.242 e. The number of furan rings is 1. The van der Waals surface area contributed by atoms with Crippen LogP contribution in [0.3, 0.4) is 0 Å². The van der Waals surface area contributed by atoms with E-state index in [9.17, 15) is 8.42 Å². The van der Waals surface area contributed by atoms with Gasteiger partial charge in [0.15, 0.2) is 0 Å². The highest BCUT2D eigenvalue weighted by molar-refractivity contribution is 7.89. The standard InChI is InChI=1S/C13H15ClN2O3S/c1-9(12-3-2-6-19-12)16-20(17,18)13-5-4-10(8-15)7-11(13)14/h2-7,9,16H,8,15H2,1H3. The number of benzene rings is 1. The Bertz CT molecular complexity index is 684. The largest absolute Gasteiger partial charge is 0.468 e. The van der Waals surface area contributed by atoms with Crippen LogP contribution in [-0.2, 0) is 16.6 Å². The summed E-state index contributed by atoms with van der Waals surface area (Å²) in [6.45, 7) is 1.99. The predicted octanol–water partition coefficient (Wildman–Crippen LogP) is 2.43. The number of nitrogens with one attached hydrogen (secondary N) is 1. The SMILES string of the molecule is CC(NS(=O)(=O)c1ccc(CN)cc1Cl)c1ccco1. The molecule has 1 heterocycles. The van der Waals surface area contributed by atoms with E-state index in [1.54, 1.807) is 31.2 Å². The lowest BCUT2D eigenvalue weighted by atomic mass is 10.2. The lowest BCUT2D eigenvalue weighted by Crippen LogP contribution is -2.27. The predicted molar refractivity (Wildman–Crippen MR) is 76.8 cm³/mol. The van der Waals surface area contributed by atoms with Crippen LogP contribution >= 0.6 is 11.6 Å². The lowest BCUT2D eigenvalue weighted by Gasteiger charge is -2.13. The molecule has 0 bridgehead atoms. The molecule has 7 heteroatoms. The van der Waals surface area contributed by atoms with Crippen molar-refractivity contribution in [3.63, 3.8) is 0 Å². The normalized spacial score (nSPS) is 13.3. The minimum atomic E-state index is -3.72. The van der Waals surface area contributed by atoms with E-state index in [4.69, 9.17) is 21.8 Å². The van der Waals surface area contributed by atoms with Crippen molar-refractivity contribution in [1.82, 2.24) is 4.72 Å². The maximum Gasteiger partial charge on any atom is 0.242 e. The van der Waals surface area contributed by atoms with Crippen molar-refractivity contribution in [2.24, 2.45) is 5.73 Å². The quantitative estimate of drug-likeness (QED) is 0.887. The monoisotopic (exact) mass is 314 g/mol. The summed E-state index contributed by atoms with van der Waals surface area (Å²) in [5, 5.41) is 0.145. The first-order valence-corrected chi connectivity index (χ1v) is 7.84. The van der Waals surface area contributed by atoms with E-state index >= 15 is 0 Å². The average Bonchev–Trinajstić information content (AvgIpc) is 2.91. The van der Waals surface area contributed by atoms with Crippen molar-refractivity contribution in [2.45, 2.75) is 24.4 Å². The van der Waals surface area contributed by atoms with Crippen LogP contribution in [0.1, 0.15) is 24.3 Å². The maximum absolute atomic E-state index is 12.3. The number of sulfonamides is 1. The third-order valence-corrected chi connectivity index (χ3v) is 4.85. The van der Waals surface area contributed by atoms with Crippen LogP contribution in [0.25, 0.3) is 0 Å². The van der Waals surface area contributed by atoms with Gasteiger partial charge in [-0.25, -0.2) is 13.1 Å². The fourth-order valence-electron chi connectivity index (χ4n) is 1.78. The van der Waals surface area contributed by atoms with Crippen molar-refractivity contribution in [3.8, 4) is 0 Å². The molecule has 20 heavy (non-hydrogen) atoms. The fraction of sp³-hybridized carbons (Fsp3) is 0.231. The zero-order valence-electron chi connectivity index (χ0n) is 10.8. The van der Waals surface area contributed by atoms with E-state index in [0.717, 1.165) is 5.56 Å². The Hall–Kier alpha value is -1.34. The van der Waals surface area contributed by atoms with Crippen LogP contribution in [0.4, 0.5) is 0 Å². The molecule has 5 nitrogen and oxygen atoms in total. The number of hydrogen-bond donors (Lipinski definition) is 2. The summed E-state index contributed by atoms with van der Waals surface area (Å²) in [5.41, 5.74) is 6.26. The third-order valence-electron chi connectivity index (χ3n) is 2.82.